The Morgan fingerprint density at radius 2 is 1.78 bits per heavy atom. The quantitative estimate of drug-likeness (QED) is 0.322. The average molecular weight is 349 g/mol. The van der Waals surface area contributed by atoms with Crippen molar-refractivity contribution in [1.29, 1.82) is 0 Å². The number of carbonyl (C=O) groups is 2. The van der Waals surface area contributed by atoms with Crippen molar-refractivity contribution in [3.8, 4) is 5.75 Å². The Hall–Kier alpha value is -2.10. The first-order valence-electron chi connectivity index (χ1n) is 6.98. The van der Waals surface area contributed by atoms with Crippen molar-refractivity contribution in [2.75, 3.05) is 0 Å². The number of rotatable bonds is 5. The zero-order valence-electron chi connectivity index (χ0n) is 12.4. The lowest BCUT2D eigenvalue weighted by Crippen LogP contribution is -2.04. The summed E-state index contributed by atoms with van der Waals surface area (Å²) in [5, 5.41) is 0.973. The maximum atomic E-state index is 11.8. The molecule has 0 aliphatic carbocycles. The molecule has 5 heteroatoms. The van der Waals surface area contributed by atoms with Crippen LogP contribution in [0.15, 0.2) is 48.5 Å². The Morgan fingerprint density at radius 3 is 2.39 bits per heavy atom. The first kappa shape index (κ1) is 17.3. The van der Waals surface area contributed by atoms with Gasteiger partial charge >= 0.3 is 5.97 Å². The molecule has 0 atom stereocenters. The van der Waals surface area contributed by atoms with Gasteiger partial charge in [-0.3, -0.25) is 4.79 Å². The number of hydrogen-bond acceptors (Lipinski definition) is 3. The van der Waals surface area contributed by atoms with Crippen LogP contribution in [0.4, 0.5) is 0 Å². The van der Waals surface area contributed by atoms with Crippen LogP contribution < -0.4 is 4.74 Å². The predicted octanol–water partition coefficient (Wildman–Crippen LogP) is 5.20. The largest absolute Gasteiger partial charge is 0.423 e. The standard InChI is InChI=1S/C18H14Cl2O3/c1-2-17(21)13-4-8-15(9-5-13)23-18(22)10-6-12-3-7-14(19)11-16(12)20/h3-11H,2H2,1H3/b10-6+. The van der Waals surface area contributed by atoms with E-state index in [0.29, 0.717) is 33.3 Å². The van der Waals surface area contributed by atoms with Crippen LogP contribution in [0, 0.1) is 0 Å². The number of benzene rings is 2. The number of carbonyl (C=O) groups excluding carboxylic acids is 2. The van der Waals surface area contributed by atoms with E-state index in [9.17, 15) is 9.59 Å². The predicted molar refractivity (Wildman–Crippen MR) is 92.2 cm³/mol. The molecule has 0 N–H and O–H groups in total. The van der Waals surface area contributed by atoms with E-state index in [0.717, 1.165) is 0 Å². The fourth-order valence-corrected chi connectivity index (χ4v) is 2.33. The molecule has 2 aromatic carbocycles. The van der Waals surface area contributed by atoms with E-state index >= 15 is 0 Å². The number of hydrogen-bond donors (Lipinski definition) is 0. The lowest BCUT2D eigenvalue weighted by atomic mass is 10.1. The number of halogens is 2. The van der Waals surface area contributed by atoms with Gasteiger partial charge in [-0.05, 0) is 48.0 Å². The van der Waals surface area contributed by atoms with Gasteiger partial charge in [-0.2, -0.15) is 0 Å². The van der Waals surface area contributed by atoms with Crippen molar-refractivity contribution < 1.29 is 14.3 Å². The molecule has 0 unspecified atom stereocenters. The molecule has 0 fully saturated rings. The first-order chi connectivity index (χ1) is 11.0. The highest BCUT2D eigenvalue weighted by Gasteiger charge is 2.05. The van der Waals surface area contributed by atoms with E-state index in [1.807, 2.05) is 0 Å². The highest BCUT2D eigenvalue weighted by Crippen LogP contribution is 2.22. The summed E-state index contributed by atoms with van der Waals surface area (Å²) in [5.74, 6) is -0.125. The second-order valence-electron chi connectivity index (χ2n) is 4.72. The van der Waals surface area contributed by atoms with Gasteiger partial charge in [0.05, 0.1) is 0 Å². The zero-order chi connectivity index (χ0) is 16.8. The van der Waals surface area contributed by atoms with Gasteiger partial charge in [0, 0.05) is 28.1 Å². The molecule has 0 aliphatic heterocycles. The third kappa shape index (κ3) is 4.95. The van der Waals surface area contributed by atoms with E-state index in [-0.39, 0.29) is 5.78 Å². The van der Waals surface area contributed by atoms with Crippen molar-refractivity contribution in [3.63, 3.8) is 0 Å². The molecule has 0 saturated heterocycles. The van der Waals surface area contributed by atoms with Crippen molar-refractivity contribution in [3.05, 3.63) is 69.7 Å². The molecule has 2 rings (SSSR count). The molecule has 2 aromatic rings. The number of ether oxygens (including phenoxy) is 1. The van der Waals surface area contributed by atoms with Crippen molar-refractivity contribution in [2.45, 2.75) is 13.3 Å². The summed E-state index contributed by atoms with van der Waals surface area (Å²) in [6.07, 6.45) is 3.26. The molecule has 0 spiro atoms. The fourth-order valence-electron chi connectivity index (χ4n) is 1.86. The summed E-state index contributed by atoms with van der Waals surface area (Å²) < 4.78 is 5.16. The monoisotopic (exact) mass is 348 g/mol. The summed E-state index contributed by atoms with van der Waals surface area (Å²) in [4.78, 5) is 23.3. The normalized spacial score (nSPS) is 10.7. The summed E-state index contributed by atoms with van der Waals surface area (Å²) in [6.45, 7) is 1.79. The maximum Gasteiger partial charge on any atom is 0.336 e. The van der Waals surface area contributed by atoms with Gasteiger partial charge in [0.1, 0.15) is 5.75 Å². The van der Waals surface area contributed by atoms with Crippen molar-refractivity contribution in [1.82, 2.24) is 0 Å². The topological polar surface area (TPSA) is 43.4 Å². The van der Waals surface area contributed by atoms with Gasteiger partial charge in [0.15, 0.2) is 5.78 Å². The molecule has 0 aromatic heterocycles. The molecular weight excluding hydrogens is 335 g/mol. The summed E-state index contributed by atoms with van der Waals surface area (Å²) in [6, 6.07) is 11.4. The molecule has 0 heterocycles. The first-order valence-corrected chi connectivity index (χ1v) is 7.73. The fraction of sp³-hybridized carbons (Fsp3) is 0.111. The number of esters is 1. The van der Waals surface area contributed by atoms with Crippen LogP contribution in [0.5, 0.6) is 5.75 Å². The van der Waals surface area contributed by atoms with E-state index in [1.165, 1.54) is 6.08 Å². The van der Waals surface area contributed by atoms with Crippen LogP contribution in [-0.4, -0.2) is 11.8 Å². The Kier molecular flexibility index (Phi) is 5.97. The molecule has 0 saturated carbocycles. The molecule has 0 aliphatic rings. The van der Waals surface area contributed by atoms with Crippen molar-refractivity contribution >= 4 is 41.0 Å². The Bertz CT molecular complexity index is 749. The van der Waals surface area contributed by atoms with Crippen LogP contribution in [-0.2, 0) is 4.79 Å². The molecular formula is C18H14Cl2O3. The maximum absolute atomic E-state index is 11.8. The number of Topliss-reactive ketones (excluding diaryl/α,β-unsaturated/α-hetero) is 1. The van der Waals surface area contributed by atoms with E-state index in [2.05, 4.69) is 0 Å². The second-order valence-corrected chi connectivity index (χ2v) is 5.57. The van der Waals surface area contributed by atoms with Crippen LogP contribution >= 0.6 is 23.2 Å². The van der Waals surface area contributed by atoms with E-state index in [1.54, 1.807) is 55.5 Å². The minimum atomic E-state index is -0.536. The SMILES string of the molecule is CCC(=O)c1ccc(OC(=O)/C=C/c2ccc(Cl)cc2Cl)cc1. The van der Waals surface area contributed by atoms with Crippen molar-refractivity contribution in [2.24, 2.45) is 0 Å². The molecule has 0 radical (unpaired) electrons. The van der Waals surface area contributed by atoms with Crippen LogP contribution in [0.25, 0.3) is 6.08 Å². The summed E-state index contributed by atoms with van der Waals surface area (Å²) in [5.41, 5.74) is 1.26. The summed E-state index contributed by atoms with van der Waals surface area (Å²) >= 11 is 11.8. The zero-order valence-corrected chi connectivity index (χ0v) is 13.9. The van der Waals surface area contributed by atoms with Gasteiger partial charge in [0.25, 0.3) is 0 Å². The summed E-state index contributed by atoms with van der Waals surface area (Å²) in [7, 11) is 0. The molecule has 3 nitrogen and oxygen atoms in total. The Labute approximate surface area is 144 Å². The lowest BCUT2D eigenvalue weighted by molar-refractivity contribution is -0.128. The van der Waals surface area contributed by atoms with Crippen LogP contribution in [0.1, 0.15) is 29.3 Å². The van der Waals surface area contributed by atoms with Crippen LogP contribution in [0.3, 0.4) is 0 Å². The minimum absolute atomic E-state index is 0.0418. The molecule has 23 heavy (non-hydrogen) atoms. The van der Waals surface area contributed by atoms with E-state index in [4.69, 9.17) is 27.9 Å². The average Bonchev–Trinajstić information content (AvgIpc) is 2.54. The molecule has 0 bridgehead atoms. The van der Waals surface area contributed by atoms with E-state index < -0.39 is 5.97 Å². The smallest absolute Gasteiger partial charge is 0.336 e. The van der Waals surface area contributed by atoms with Gasteiger partial charge < -0.3 is 4.74 Å². The molecule has 118 valence electrons. The van der Waals surface area contributed by atoms with Gasteiger partial charge in [-0.25, -0.2) is 4.79 Å². The molecule has 0 amide bonds. The Balaban J connectivity index is 2.01. The highest BCUT2D eigenvalue weighted by atomic mass is 35.5. The van der Waals surface area contributed by atoms with Gasteiger partial charge in [-0.1, -0.05) is 36.2 Å². The third-order valence-corrected chi connectivity index (χ3v) is 3.64. The highest BCUT2D eigenvalue weighted by molar-refractivity contribution is 6.35. The lowest BCUT2D eigenvalue weighted by Gasteiger charge is -2.03. The second kappa shape index (κ2) is 7.95. The van der Waals surface area contributed by atoms with Gasteiger partial charge in [0.2, 0.25) is 0 Å². The number of ketones is 1. The minimum Gasteiger partial charge on any atom is -0.423 e. The van der Waals surface area contributed by atoms with Crippen LogP contribution in [0.2, 0.25) is 10.0 Å². The third-order valence-electron chi connectivity index (χ3n) is 3.08. The van der Waals surface area contributed by atoms with Gasteiger partial charge in [-0.15, -0.1) is 0 Å². The Morgan fingerprint density at radius 1 is 1.09 bits per heavy atom.